The van der Waals surface area contributed by atoms with Crippen LogP contribution in [0.5, 0.6) is 5.75 Å². The van der Waals surface area contributed by atoms with E-state index >= 15 is 0 Å². The molecule has 0 bridgehead atoms. The second-order valence-electron chi connectivity index (χ2n) is 8.10. The molecule has 174 valence electrons. The van der Waals surface area contributed by atoms with Crippen molar-refractivity contribution in [3.8, 4) is 5.75 Å². The molecule has 0 saturated carbocycles. The van der Waals surface area contributed by atoms with Gasteiger partial charge in [0.15, 0.2) is 18.1 Å². The molecule has 0 aliphatic rings. The highest BCUT2D eigenvalue weighted by Gasteiger charge is 2.24. The zero-order valence-corrected chi connectivity index (χ0v) is 19.1. The molecule has 32 heavy (non-hydrogen) atoms. The van der Waals surface area contributed by atoms with E-state index in [4.69, 9.17) is 10.5 Å². The van der Waals surface area contributed by atoms with E-state index in [0.717, 1.165) is 6.42 Å². The summed E-state index contributed by atoms with van der Waals surface area (Å²) in [7, 11) is 0. The molecule has 2 aromatic rings. The lowest BCUT2D eigenvalue weighted by molar-refractivity contribution is -0.120. The van der Waals surface area contributed by atoms with Crippen molar-refractivity contribution in [3.63, 3.8) is 0 Å². The highest BCUT2D eigenvalue weighted by atomic mass is 16.5. The summed E-state index contributed by atoms with van der Waals surface area (Å²) in [5, 5.41) is 0. The van der Waals surface area contributed by atoms with Crippen molar-refractivity contribution in [2.24, 2.45) is 5.92 Å². The van der Waals surface area contributed by atoms with Gasteiger partial charge in [-0.15, -0.1) is 0 Å². The number of aromatic amines is 1. The van der Waals surface area contributed by atoms with Gasteiger partial charge in [0.2, 0.25) is 0 Å². The number of aromatic nitrogens is 2. The van der Waals surface area contributed by atoms with Crippen molar-refractivity contribution in [3.05, 3.63) is 50.7 Å². The summed E-state index contributed by atoms with van der Waals surface area (Å²) in [6.45, 7) is 7.72. The number of hydrogen-bond acceptors (Lipinski definition) is 6. The number of H-pyrrole nitrogens is 1. The van der Waals surface area contributed by atoms with Gasteiger partial charge in [-0.05, 0) is 49.9 Å². The SMILES string of the molecule is CCCCn1c(N)c(N(CCC(C)C)C(=O)COc2ccc(C(C)=O)cc2)c(=O)[nH]c1=O. The molecule has 0 aliphatic carbocycles. The number of unbranched alkanes of at least 4 members (excludes halogenated alkanes) is 1. The average Bonchev–Trinajstić information content (AvgIpc) is 2.74. The molecule has 1 aromatic carbocycles. The molecule has 2 rings (SSSR count). The van der Waals surface area contributed by atoms with Crippen LogP contribution in [0.4, 0.5) is 11.5 Å². The normalized spacial score (nSPS) is 10.9. The third-order valence-corrected chi connectivity index (χ3v) is 5.07. The molecule has 1 amide bonds. The first-order chi connectivity index (χ1) is 15.1. The van der Waals surface area contributed by atoms with Crippen LogP contribution in [-0.2, 0) is 11.3 Å². The summed E-state index contributed by atoms with van der Waals surface area (Å²) < 4.78 is 6.88. The van der Waals surface area contributed by atoms with E-state index in [2.05, 4.69) is 4.98 Å². The second-order valence-corrected chi connectivity index (χ2v) is 8.10. The number of nitrogen functional groups attached to an aromatic ring is 1. The Bertz CT molecular complexity index is 1050. The minimum atomic E-state index is -0.705. The molecule has 0 aliphatic heterocycles. The fraction of sp³-hybridized carbons (Fsp3) is 0.478. The molecule has 1 aromatic heterocycles. The largest absolute Gasteiger partial charge is 0.484 e. The number of carbonyl (C=O) groups is 2. The number of anilines is 2. The lowest BCUT2D eigenvalue weighted by Crippen LogP contribution is -2.43. The monoisotopic (exact) mass is 444 g/mol. The Hall–Kier alpha value is -3.36. The summed E-state index contributed by atoms with van der Waals surface area (Å²) in [5.41, 5.74) is 5.40. The zero-order valence-electron chi connectivity index (χ0n) is 19.1. The number of nitrogens with two attached hydrogens (primary N) is 1. The molecular weight excluding hydrogens is 412 g/mol. The van der Waals surface area contributed by atoms with E-state index in [-0.39, 0.29) is 36.4 Å². The summed E-state index contributed by atoms with van der Waals surface area (Å²) >= 11 is 0. The van der Waals surface area contributed by atoms with E-state index in [0.29, 0.717) is 30.7 Å². The molecule has 0 atom stereocenters. The Morgan fingerprint density at radius 1 is 1.19 bits per heavy atom. The number of hydrogen-bond donors (Lipinski definition) is 2. The molecule has 9 heteroatoms. The van der Waals surface area contributed by atoms with Crippen LogP contribution in [0.15, 0.2) is 33.9 Å². The standard InChI is InChI=1S/C23H32N4O5/c1-5-6-12-27-21(24)20(22(30)25-23(27)31)26(13-11-15(2)3)19(29)14-32-18-9-7-17(8-10-18)16(4)28/h7-10,15H,5-6,11-14,24H2,1-4H3,(H,25,30,31). The summed E-state index contributed by atoms with van der Waals surface area (Å²) in [6, 6.07) is 6.44. The Morgan fingerprint density at radius 3 is 2.41 bits per heavy atom. The molecule has 0 unspecified atom stereocenters. The maximum absolute atomic E-state index is 13.1. The highest BCUT2D eigenvalue weighted by Crippen LogP contribution is 2.20. The predicted molar refractivity (Wildman–Crippen MR) is 124 cm³/mol. The maximum Gasteiger partial charge on any atom is 0.330 e. The van der Waals surface area contributed by atoms with E-state index in [1.807, 2.05) is 20.8 Å². The van der Waals surface area contributed by atoms with Crippen molar-refractivity contribution in [2.75, 3.05) is 23.8 Å². The lowest BCUT2D eigenvalue weighted by atomic mass is 10.1. The Kier molecular flexibility index (Phi) is 8.80. The van der Waals surface area contributed by atoms with Gasteiger partial charge in [-0.3, -0.25) is 23.9 Å². The molecule has 0 spiro atoms. The molecule has 0 saturated heterocycles. The number of ether oxygens (including phenoxy) is 1. The van der Waals surface area contributed by atoms with Crippen molar-refractivity contribution in [1.82, 2.24) is 9.55 Å². The number of carbonyl (C=O) groups excluding carboxylic acids is 2. The van der Waals surface area contributed by atoms with E-state index in [1.54, 1.807) is 24.3 Å². The van der Waals surface area contributed by atoms with Crippen LogP contribution in [0, 0.1) is 5.92 Å². The van der Waals surface area contributed by atoms with E-state index in [1.165, 1.54) is 16.4 Å². The molecule has 3 N–H and O–H groups in total. The molecule has 0 radical (unpaired) electrons. The van der Waals surface area contributed by atoms with Crippen molar-refractivity contribution < 1.29 is 14.3 Å². The first kappa shape index (κ1) is 24.9. The number of ketones is 1. The summed E-state index contributed by atoms with van der Waals surface area (Å²) in [6.07, 6.45) is 2.17. The third-order valence-electron chi connectivity index (χ3n) is 5.07. The average molecular weight is 445 g/mol. The van der Waals surface area contributed by atoms with Gasteiger partial charge in [0.25, 0.3) is 11.5 Å². The number of amides is 1. The minimum absolute atomic E-state index is 0.0323. The van der Waals surface area contributed by atoms with Crippen LogP contribution in [0.25, 0.3) is 0 Å². The number of Topliss-reactive ketones (excluding diaryl/α,β-unsaturated/α-hetero) is 1. The highest BCUT2D eigenvalue weighted by molar-refractivity contribution is 5.96. The van der Waals surface area contributed by atoms with Crippen LogP contribution in [0.1, 0.15) is 57.3 Å². The topological polar surface area (TPSA) is 127 Å². The van der Waals surface area contributed by atoms with Gasteiger partial charge in [-0.2, -0.15) is 0 Å². The van der Waals surface area contributed by atoms with Crippen LogP contribution < -0.4 is 26.6 Å². The smallest absolute Gasteiger partial charge is 0.330 e. The van der Waals surface area contributed by atoms with Gasteiger partial charge < -0.3 is 15.4 Å². The number of rotatable bonds is 11. The fourth-order valence-electron chi connectivity index (χ4n) is 3.13. The third kappa shape index (κ3) is 6.32. The van der Waals surface area contributed by atoms with Crippen LogP contribution in [0.2, 0.25) is 0 Å². The molecule has 0 fully saturated rings. The van der Waals surface area contributed by atoms with Crippen LogP contribution in [0.3, 0.4) is 0 Å². The van der Waals surface area contributed by atoms with Gasteiger partial charge in [-0.1, -0.05) is 27.2 Å². The van der Waals surface area contributed by atoms with Gasteiger partial charge in [-0.25, -0.2) is 4.79 Å². The minimum Gasteiger partial charge on any atom is -0.484 e. The Balaban J connectivity index is 2.32. The van der Waals surface area contributed by atoms with E-state index in [9.17, 15) is 19.2 Å². The maximum atomic E-state index is 13.1. The van der Waals surface area contributed by atoms with Crippen LogP contribution >= 0.6 is 0 Å². The van der Waals surface area contributed by atoms with Crippen molar-refractivity contribution in [1.29, 1.82) is 0 Å². The van der Waals surface area contributed by atoms with Crippen molar-refractivity contribution in [2.45, 2.75) is 53.5 Å². The first-order valence-corrected chi connectivity index (χ1v) is 10.8. The summed E-state index contributed by atoms with van der Waals surface area (Å²) in [5.74, 6) is 0.133. The predicted octanol–water partition coefficient (Wildman–Crippen LogP) is 2.58. The van der Waals surface area contributed by atoms with Gasteiger partial charge in [0.1, 0.15) is 11.6 Å². The second kappa shape index (κ2) is 11.3. The Labute approximate surface area is 187 Å². The zero-order chi connectivity index (χ0) is 23.8. The first-order valence-electron chi connectivity index (χ1n) is 10.8. The number of benzene rings is 1. The number of nitrogens with one attached hydrogen (secondary N) is 1. The Morgan fingerprint density at radius 2 is 1.84 bits per heavy atom. The van der Waals surface area contributed by atoms with Crippen molar-refractivity contribution >= 4 is 23.2 Å². The summed E-state index contributed by atoms with van der Waals surface area (Å²) in [4.78, 5) is 52.9. The fourth-order valence-corrected chi connectivity index (χ4v) is 3.13. The molecule has 1 heterocycles. The van der Waals surface area contributed by atoms with Gasteiger partial charge >= 0.3 is 5.69 Å². The quantitative estimate of drug-likeness (QED) is 0.513. The number of nitrogens with zero attached hydrogens (tertiary/aromatic N) is 2. The van der Waals surface area contributed by atoms with Gasteiger partial charge in [0, 0.05) is 18.7 Å². The lowest BCUT2D eigenvalue weighted by Gasteiger charge is -2.25. The van der Waals surface area contributed by atoms with Gasteiger partial charge in [0.05, 0.1) is 0 Å². The molecule has 9 nitrogen and oxygen atoms in total. The van der Waals surface area contributed by atoms with E-state index < -0.39 is 17.2 Å². The van der Waals surface area contributed by atoms with Crippen LogP contribution in [-0.4, -0.2) is 34.4 Å². The molecular formula is C23H32N4O5.